The summed E-state index contributed by atoms with van der Waals surface area (Å²) in [6.07, 6.45) is -0.364. The Balaban J connectivity index is 2.03. The van der Waals surface area contributed by atoms with Crippen LogP contribution in [0.5, 0.6) is 0 Å². The maximum absolute atomic E-state index is 13.0. The summed E-state index contributed by atoms with van der Waals surface area (Å²) < 4.78 is 5.00. The third kappa shape index (κ3) is 4.82. The van der Waals surface area contributed by atoms with Crippen molar-refractivity contribution in [3.05, 3.63) is 29.8 Å². The minimum Gasteiger partial charge on any atom is -0.450 e. The van der Waals surface area contributed by atoms with Crippen LogP contribution >= 0.6 is 0 Å². The van der Waals surface area contributed by atoms with Crippen LogP contribution in [0, 0.1) is 5.41 Å². The van der Waals surface area contributed by atoms with Crippen molar-refractivity contribution >= 4 is 23.6 Å². The first-order chi connectivity index (χ1) is 13.2. The monoisotopic (exact) mass is 389 g/mol. The quantitative estimate of drug-likeness (QED) is 0.785. The molecule has 1 aliphatic rings. The van der Waals surface area contributed by atoms with Gasteiger partial charge in [0.15, 0.2) is 0 Å². The molecule has 1 aromatic carbocycles. The van der Waals surface area contributed by atoms with Gasteiger partial charge in [0.05, 0.1) is 6.61 Å². The molecule has 7 nitrogen and oxygen atoms in total. The van der Waals surface area contributed by atoms with Crippen molar-refractivity contribution in [1.82, 2.24) is 9.80 Å². The highest BCUT2D eigenvalue weighted by Crippen LogP contribution is 2.27. The average Bonchev–Trinajstić information content (AvgIpc) is 2.67. The fraction of sp³-hybridized carbons (Fsp3) is 0.571. The number of hydrogen-bond donors (Lipinski definition) is 1. The third-order valence-electron chi connectivity index (χ3n) is 5.03. The molecule has 0 spiro atoms. The molecule has 0 radical (unpaired) electrons. The molecular formula is C21H31N3O4. The number of carbonyl (C=O) groups is 3. The van der Waals surface area contributed by atoms with E-state index in [-0.39, 0.29) is 23.8 Å². The standard InChI is InChI=1S/C21H31N3O4/c1-6-28-20(27)24-13-11-23(12-14-24)19(26)21(4,5)18(25)22-17-10-8-7-9-16(17)15(2)3/h7-10,15H,6,11-14H2,1-5H3,(H,22,25). The van der Waals surface area contributed by atoms with E-state index >= 15 is 0 Å². The highest BCUT2D eigenvalue weighted by molar-refractivity contribution is 6.10. The Bertz CT molecular complexity index is 722. The van der Waals surface area contributed by atoms with Gasteiger partial charge in [-0.1, -0.05) is 32.0 Å². The van der Waals surface area contributed by atoms with Crippen LogP contribution in [0.3, 0.4) is 0 Å². The second-order valence-corrected chi connectivity index (χ2v) is 7.80. The molecule has 2 rings (SSSR count). The number of para-hydroxylation sites is 1. The summed E-state index contributed by atoms with van der Waals surface area (Å²) in [5.41, 5.74) is 0.550. The van der Waals surface area contributed by atoms with Gasteiger partial charge in [-0.15, -0.1) is 0 Å². The lowest BCUT2D eigenvalue weighted by atomic mass is 9.89. The van der Waals surface area contributed by atoms with Crippen molar-refractivity contribution < 1.29 is 19.1 Å². The lowest BCUT2D eigenvalue weighted by Gasteiger charge is -2.37. The maximum Gasteiger partial charge on any atom is 0.409 e. The Morgan fingerprint density at radius 2 is 1.64 bits per heavy atom. The van der Waals surface area contributed by atoms with Crippen LogP contribution in [-0.2, 0) is 14.3 Å². The largest absolute Gasteiger partial charge is 0.450 e. The van der Waals surface area contributed by atoms with Gasteiger partial charge >= 0.3 is 6.09 Å². The molecule has 1 aromatic rings. The summed E-state index contributed by atoms with van der Waals surface area (Å²) in [4.78, 5) is 40.9. The summed E-state index contributed by atoms with van der Waals surface area (Å²) >= 11 is 0. The first-order valence-corrected chi connectivity index (χ1v) is 9.80. The van der Waals surface area contributed by atoms with Gasteiger partial charge < -0.3 is 19.9 Å². The van der Waals surface area contributed by atoms with Crippen LogP contribution < -0.4 is 5.32 Å². The Kier molecular flexibility index (Phi) is 7.05. The second-order valence-electron chi connectivity index (χ2n) is 7.80. The minimum absolute atomic E-state index is 0.240. The van der Waals surface area contributed by atoms with E-state index in [2.05, 4.69) is 19.2 Å². The van der Waals surface area contributed by atoms with Gasteiger partial charge in [-0.25, -0.2) is 4.79 Å². The third-order valence-corrected chi connectivity index (χ3v) is 5.03. The molecule has 0 unspecified atom stereocenters. The van der Waals surface area contributed by atoms with Crippen molar-refractivity contribution in [1.29, 1.82) is 0 Å². The molecule has 3 amide bonds. The van der Waals surface area contributed by atoms with E-state index in [4.69, 9.17) is 4.74 Å². The number of anilines is 1. The molecule has 0 aliphatic carbocycles. The van der Waals surface area contributed by atoms with E-state index in [0.717, 1.165) is 11.3 Å². The first kappa shape index (κ1) is 21.7. The molecule has 1 aliphatic heterocycles. The molecule has 7 heteroatoms. The average molecular weight is 389 g/mol. The van der Waals surface area contributed by atoms with Crippen molar-refractivity contribution in [2.45, 2.75) is 40.5 Å². The highest BCUT2D eigenvalue weighted by Gasteiger charge is 2.40. The van der Waals surface area contributed by atoms with E-state index in [9.17, 15) is 14.4 Å². The smallest absolute Gasteiger partial charge is 0.409 e. The fourth-order valence-electron chi connectivity index (χ4n) is 3.19. The summed E-state index contributed by atoms with van der Waals surface area (Å²) in [5.74, 6) is -0.319. The summed E-state index contributed by atoms with van der Waals surface area (Å²) in [6, 6.07) is 7.63. The molecule has 1 N–H and O–H groups in total. The van der Waals surface area contributed by atoms with Crippen LogP contribution in [0.1, 0.15) is 46.1 Å². The van der Waals surface area contributed by atoms with Crippen LogP contribution in [-0.4, -0.2) is 60.5 Å². The number of ether oxygens (including phenoxy) is 1. The Morgan fingerprint density at radius 3 is 2.21 bits per heavy atom. The van der Waals surface area contributed by atoms with Crippen molar-refractivity contribution in [2.24, 2.45) is 5.41 Å². The number of benzene rings is 1. The van der Waals surface area contributed by atoms with Gasteiger partial charge in [0.25, 0.3) is 0 Å². The van der Waals surface area contributed by atoms with Crippen LogP contribution in [0.2, 0.25) is 0 Å². The molecule has 154 valence electrons. The SMILES string of the molecule is CCOC(=O)N1CCN(C(=O)C(C)(C)C(=O)Nc2ccccc2C(C)C)CC1. The number of hydrogen-bond acceptors (Lipinski definition) is 4. The van der Waals surface area contributed by atoms with E-state index in [1.54, 1.807) is 30.6 Å². The maximum atomic E-state index is 13.0. The number of nitrogens with one attached hydrogen (secondary N) is 1. The number of rotatable bonds is 5. The Labute approximate surface area is 167 Å². The van der Waals surface area contributed by atoms with Gasteiger partial charge in [-0.3, -0.25) is 9.59 Å². The fourth-order valence-corrected chi connectivity index (χ4v) is 3.19. The zero-order valence-electron chi connectivity index (χ0n) is 17.4. The van der Waals surface area contributed by atoms with Gasteiger partial charge in [-0.05, 0) is 38.3 Å². The van der Waals surface area contributed by atoms with Crippen molar-refractivity contribution in [3.8, 4) is 0 Å². The van der Waals surface area contributed by atoms with E-state index in [0.29, 0.717) is 32.8 Å². The minimum atomic E-state index is -1.21. The van der Waals surface area contributed by atoms with Crippen LogP contribution in [0.25, 0.3) is 0 Å². The number of amides is 3. The molecule has 28 heavy (non-hydrogen) atoms. The Morgan fingerprint density at radius 1 is 1.07 bits per heavy atom. The molecule has 0 saturated carbocycles. The number of carbonyl (C=O) groups excluding carboxylic acids is 3. The highest BCUT2D eigenvalue weighted by atomic mass is 16.6. The topological polar surface area (TPSA) is 79.0 Å². The van der Waals surface area contributed by atoms with E-state index in [1.165, 1.54) is 0 Å². The van der Waals surface area contributed by atoms with Crippen LogP contribution in [0.4, 0.5) is 10.5 Å². The van der Waals surface area contributed by atoms with E-state index < -0.39 is 5.41 Å². The lowest BCUT2D eigenvalue weighted by molar-refractivity contribution is -0.147. The van der Waals surface area contributed by atoms with E-state index in [1.807, 2.05) is 24.3 Å². The predicted octanol–water partition coefficient (Wildman–Crippen LogP) is 3.08. The zero-order valence-corrected chi connectivity index (χ0v) is 17.4. The first-order valence-electron chi connectivity index (χ1n) is 9.80. The molecule has 0 bridgehead atoms. The van der Waals surface area contributed by atoms with Gasteiger partial charge in [0.1, 0.15) is 5.41 Å². The number of nitrogens with zero attached hydrogens (tertiary/aromatic N) is 2. The summed E-state index contributed by atoms with van der Waals surface area (Å²) in [6.45, 7) is 11.1. The summed E-state index contributed by atoms with van der Waals surface area (Å²) in [7, 11) is 0. The number of piperazine rings is 1. The van der Waals surface area contributed by atoms with Crippen molar-refractivity contribution in [2.75, 3.05) is 38.1 Å². The molecular weight excluding hydrogens is 358 g/mol. The molecule has 0 atom stereocenters. The lowest BCUT2D eigenvalue weighted by Crippen LogP contribution is -2.55. The molecule has 1 heterocycles. The zero-order chi connectivity index (χ0) is 20.9. The molecule has 1 fully saturated rings. The van der Waals surface area contributed by atoms with Crippen molar-refractivity contribution in [3.63, 3.8) is 0 Å². The Hall–Kier alpha value is -2.57. The summed E-state index contributed by atoms with van der Waals surface area (Å²) in [5, 5.41) is 2.92. The second kappa shape index (κ2) is 9.08. The van der Waals surface area contributed by atoms with Crippen LogP contribution in [0.15, 0.2) is 24.3 Å². The molecule has 0 aromatic heterocycles. The van der Waals surface area contributed by atoms with Gasteiger partial charge in [-0.2, -0.15) is 0 Å². The predicted molar refractivity (Wildman–Crippen MR) is 108 cm³/mol. The normalized spacial score (nSPS) is 14.8. The molecule has 1 saturated heterocycles. The van der Waals surface area contributed by atoms with Gasteiger partial charge in [0.2, 0.25) is 11.8 Å². The van der Waals surface area contributed by atoms with Gasteiger partial charge in [0, 0.05) is 31.9 Å².